The standard InChI is InChI=1S/C18H17ClFN3O4/c1-2-22(11-17(24)21-10-12-3-5-13(20)6-4-12)18(25)15-9-14(23(26)27)7-8-16(15)19/h3-9H,2,10-11H2,1H3,(H,21,24). The van der Waals surface area contributed by atoms with Crippen molar-refractivity contribution in [3.05, 3.63) is 74.5 Å². The molecule has 1 N–H and O–H groups in total. The maximum absolute atomic E-state index is 12.9. The Labute approximate surface area is 159 Å². The summed E-state index contributed by atoms with van der Waals surface area (Å²) in [6.45, 7) is 1.83. The van der Waals surface area contributed by atoms with Crippen molar-refractivity contribution in [1.29, 1.82) is 0 Å². The number of hydrogen-bond acceptors (Lipinski definition) is 4. The largest absolute Gasteiger partial charge is 0.350 e. The highest BCUT2D eigenvalue weighted by Crippen LogP contribution is 2.23. The van der Waals surface area contributed by atoms with E-state index >= 15 is 0 Å². The fourth-order valence-corrected chi connectivity index (χ4v) is 2.52. The first kappa shape index (κ1) is 20.3. The number of halogens is 2. The lowest BCUT2D eigenvalue weighted by molar-refractivity contribution is -0.384. The third-order valence-corrected chi connectivity index (χ3v) is 4.13. The van der Waals surface area contributed by atoms with E-state index in [1.165, 1.54) is 29.2 Å². The second kappa shape index (κ2) is 9.09. The lowest BCUT2D eigenvalue weighted by Gasteiger charge is -2.21. The molecule has 0 atom stereocenters. The van der Waals surface area contributed by atoms with Crippen LogP contribution in [0.25, 0.3) is 0 Å². The smallest absolute Gasteiger partial charge is 0.270 e. The third-order valence-electron chi connectivity index (χ3n) is 3.80. The van der Waals surface area contributed by atoms with Gasteiger partial charge in [-0.1, -0.05) is 23.7 Å². The maximum atomic E-state index is 12.9. The molecule has 27 heavy (non-hydrogen) atoms. The van der Waals surface area contributed by atoms with E-state index < -0.39 is 16.7 Å². The van der Waals surface area contributed by atoms with Gasteiger partial charge in [-0.15, -0.1) is 0 Å². The molecule has 7 nitrogen and oxygen atoms in total. The summed E-state index contributed by atoms with van der Waals surface area (Å²) >= 11 is 5.99. The average Bonchev–Trinajstić information content (AvgIpc) is 2.65. The SMILES string of the molecule is CCN(CC(=O)NCc1ccc(F)cc1)C(=O)c1cc([N+](=O)[O-])ccc1Cl. The lowest BCUT2D eigenvalue weighted by atomic mass is 10.1. The minimum atomic E-state index is -0.626. The summed E-state index contributed by atoms with van der Waals surface area (Å²) in [6, 6.07) is 9.22. The van der Waals surface area contributed by atoms with Gasteiger partial charge in [0.1, 0.15) is 5.82 Å². The van der Waals surface area contributed by atoms with Crippen LogP contribution in [0.3, 0.4) is 0 Å². The molecule has 0 saturated heterocycles. The van der Waals surface area contributed by atoms with Crippen molar-refractivity contribution in [3.8, 4) is 0 Å². The minimum Gasteiger partial charge on any atom is -0.350 e. The molecule has 0 aliphatic heterocycles. The van der Waals surface area contributed by atoms with Crippen molar-refractivity contribution < 1.29 is 18.9 Å². The molecule has 142 valence electrons. The first-order chi connectivity index (χ1) is 12.8. The molecule has 0 fully saturated rings. The van der Waals surface area contributed by atoms with Gasteiger partial charge in [0, 0.05) is 25.2 Å². The maximum Gasteiger partial charge on any atom is 0.270 e. The van der Waals surface area contributed by atoms with Gasteiger partial charge in [-0.05, 0) is 30.7 Å². The topological polar surface area (TPSA) is 92.6 Å². The Morgan fingerprint density at radius 2 is 1.89 bits per heavy atom. The summed E-state index contributed by atoms with van der Waals surface area (Å²) in [7, 11) is 0. The first-order valence-corrected chi connectivity index (χ1v) is 8.44. The molecule has 0 aliphatic carbocycles. The number of non-ortho nitro benzene ring substituents is 1. The summed E-state index contributed by atoms with van der Waals surface area (Å²) in [4.78, 5) is 36.2. The zero-order valence-electron chi connectivity index (χ0n) is 14.4. The summed E-state index contributed by atoms with van der Waals surface area (Å²) in [6.07, 6.45) is 0. The van der Waals surface area contributed by atoms with Crippen molar-refractivity contribution in [2.24, 2.45) is 0 Å². The number of amides is 2. The average molecular weight is 394 g/mol. The number of benzene rings is 2. The number of carbonyl (C=O) groups excluding carboxylic acids is 2. The van der Waals surface area contributed by atoms with Gasteiger partial charge >= 0.3 is 0 Å². The van der Waals surface area contributed by atoms with Crippen molar-refractivity contribution in [2.45, 2.75) is 13.5 Å². The second-order valence-electron chi connectivity index (χ2n) is 5.64. The van der Waals surface area contributed by atoms with Crippen LogP contribution in [0.15, 0.2) is 42.5 Å². The van der Waals surface area contributed by atoms with Crippen LogP contribution in [0, 0.1) is 15.9 Å². The predicted molar refractivity (Wildman–Crippen MR) is 97.9 cm³/mol. The van der Waals surface area contributed by atoms with E-state index in [9.17, 15) is 24.1 Å². The van der Waals surface area contributed by atoms with E-state index in [0.717, 1.165) is 6.07 Å². The molecule has 0 heterocycles. The molecule has 0 bridgehead atoms. The number of likely N-dealkylation sites (N-methyl/N-ethyl adjacent to an activating group) is 1. The van der Waals surface area contributed by atoms with Crippen LogP contribution >= 0.6 is 11.6 Å². The lowest BCUT2D eigenvalue weighted by Crippen LogP contribution is -2.40. The molecule has 9 heteroatoms. The molecule has 2 aromatic rings. The van der Waals surface area contributed by atoms with Crippen LogP contribution in [0.1, 0.15) is 22.8 Å². The highest BCUT2D eigenvalue weighted by molar-refractivity contribution is 6.34. The van der Waals surface area contributed by atoms with Gasteiger partial charge in [0.15, 0.2) is 0 Å². The van der Waals surface area contributed by atoms with Crippen LogP contribution < -0.4 is 5.32 Å². The summed E-state index contributed by atoms with van der Waals surface area (Å²) in [5.41, 5.74) is 0.402. The number of carbonyl (C=O) groups is 2. The van der Waals surface area contributed by atoms with Crippen molar-refractivity contribution in [3.63, 3.8) is 0 Å². The number of nitrogens with one attached hydrogen (secondary N) is 1. The van der Waals surface area contributed by atoms with Crippen molar-refractivity contribution in [1.82, 2.24) is 10.2 Å². The normalized spacial score (nSPS) is 10.3. The van der Waals surface area contributed by atoms with Crippen molar-refractivity contribution >= 4 is 29.1 Å². The van der Waals surface area contributed by atoms with Crippen LogP contribution in [0.4, 0.5) is 10.1 Å². The van der Waals surface area contributed by atoms with Crippen LogP contribution in [0.2, 0.25) is 5.02 Å². The number of rotatable bonds is 7. The van der Waals surface area contributed by atoms with Gasteiger partial charge in [0.2, 0.25) is 5.91 Å². The number of nitro groups is 1. The molecule has 2 aromatic carbocycles. The zero-order valence-corrected chi connectivity index (χ0v) is 15.2. The fraction of sp³-hybridized carbons (Fsp3) is 0.222. The first-order valence-electron chi connectivity index (χ1n) is 8.06. The number of hydrogen-bond donors (Lipinski definition) is 1. The van der Waals surface area contributed by atoms with Gasteiger partial charge in [-0.25, -0.2) is 4.39 Å². The molecular weight excluding hydrogens is 377 g/mol. The van der Waals surface area contributed by atoms with Crippen LogP contribution in [-0.4, -0.2) is 34.7 Å². The van der Waals surface area contributed by atoms with E-state index in [2.05, 4.69) is 5.32 Å². The minimum absolute atomic E-state index is 0.0425. The Balaban J connectivity index is 2.04. The Bertz CT molecular complexity index is 858. The Morgan fingerprint density at radius 1 is 1.22 bits per heavy atom. The highest BCUT2D eigenvalue weighted by Gasteiger charge is 2.22. The molecule has 0 spiro atoms. The van der Waals surface area contributed by atoms with E-state index in [4.69, 9.17) is 11.6 Å². The Hall–Kier alpha value is -3.00. The fourth-order valence-electron chi connectivity index (χ4n) is 2.32. The predicted octanol–water partition coefficient (Wildman–Crippen LogP) is 3.17. The van der Waals surface area contributed by atoms with E-state index in [1.54, 1.807) is 19.1 Å². The monoisotopic (exact) mass is 393 g/mol. The molecule has 0 aliphatic rings. The highest BCUT2D eigenvalue weighted by atomic mass is 35.5. The van der Waals surface area contributed by atoms with Gasteiger partial charge in [-0.2, -0.15) is 0 Å². The molecule has 0 aromatic heterocycles. The van der Waals surface area contributed by atoms with Gasteiger partial charge in [0.25, 0.3) is 11.6 Å². The van der Waals surface area contributed by atoms with Gasteiger partial charge in [-0.3, -0.25) is 19.7 Å². The van der Waals surface area contributed by atoms with Gasteiger partial charge < -0.3 is 10.2 Å². The number of nitro benzene ring substituents is 1. The Morgan fingerprint density at radius 3 is 2.48 bits per heavy atom. The molecule has 0 saturated carbocycles. The van der Waals surface area contributed by atoms with Crippen molar-refractivity contribution in [2.75, 3.05) is 13.1 Å². The summed E-state index contributed by atoms with van der Waals surface area (Å²) in [5, 5.41) is 13.6. The molecular formula is C18H17ClFN3O4. The van der Waals surface area contributed by atoms with E-state index in [1.807, 2.05) is 0 Å². The van der Waals surface area contributed by atoms with Gasteiger partial charge in [0.05, 0.1) is 22.1 Å². The van der Waals surface area contributed by atoms with E-state index in [0.29, 0.717) is 5.56 Å². The summed E-state index contributed by atoms with van der Waals surface area (Å²) < 4.78 is 12.9. The summed E-state index contributed by atoms with van der Waals surface area (Å²) in [5.74, 6) is -1.37. The molecule has 2 amide bonds. The number of nitrogens with zero attached hydrogens (tertiary/aromatic N) is 2. The van der Waals surface area contributed by atoms with Crippen LogP contribution in [0.5, 0.6) is 0 Å². The molecule has 0 radical (unpaired) electrons. The Kier molecular flexibility index (Phi) is 6.84. The zero-order chi connectivity index (χ0) is 20.0. The third kappa shape index (κ3) is 5.49. The van der Waals surface area contributed by atoms with Crippen LogP contribution in [-0.2, 0) is 11.3 Å². The van der Waals surface area contributed by atoms with E-state index in [-0.39, 0.29) is 41.7 Å². The second-order valence-corrected chi connectivity index (χ2v) is 6.05. The molecule has 0 unspecified atom stereocenters. The molecule has 2 rings (SSSR count). The quantitative estimate of drug-likeness (QED) is 0.577.